The van der Waals surface area contributed by atoms with Crippen LogP contribution in [0.4, 0.5) is 0 Å². The van der Waals surface area contributed by atoms with Gasteiger partial charge in [-0.15, -0.1) is 0 Å². The molecule has 0 saturated heterocycles. The van der Waals surface area contributed by atoms with Crippen molar-refractivity contribution in [3.8, 4) is 5.88 Å². The third-order valence-electron chi connectivity index (χ3n) is 3.30. The summed E-state index contributed by atoms with van der Waals surface area (Å²) < 4.78 is 5.10. The van der Waals surface area contributed by atoms with Gasteiger partial charge in [-0.05, 0) is 36.8 Å². The second-order valence-electron chi connectivity index (χ2n) is 4.70. The van der Waals surface area contributed by atoms with Crippen molar-refractivity contribution < 1.29 is 4.74 Å². The molecular formula is C13H20N2O. The zero-order valence-corrected chi connectivity index (χ0v) is 10.1. The lowest BCUT2D eigenvalue weighted by atomic mass is 10.1. The zero-order chi connectivity index (χ0) is 11.4. The van der Waals surface area contributed by atoms with Crippen molar-refractivity contribution in [1.82, 2.24) is 10.3 Å². The lowest BCUT2D eigenvalue weighted by Crippen LogP contribution is -2.25. The molecular weight excluding hydrogens is 200 g/mol. The van der Waals surface area contributed by atoms with E-state index in [0.717, 1.165) is 12.5 Å². The number of hydrogen-bond acceptors (Lipinski definition) is 3. The molecule has 0 aromatic carbocycles. The minimum atomic E-state index is 0.689. The normalized spacial score (nSPS) is 24.6. The highest BCUT2D eigenvalue weighted by molar-refractivity contribution is 5.20. The molecule has 1 aromatic heterocycles. The highest BCUT2D eigenvalue weighted by Crippen LogP contribution is 2.24. The number of hydrogen-bond donors (Lipinski definition) is 1. The van der Waals surface area contributed by atoms with Gasteiger partial charge in [0.2, 0.25) is 5.88 Å². The van der Waals surface area contributed by atoms with Crippen LogP contribution in [-0.4, -0.2) is 18.1 Å². The molecule has 0 radical (unpaired) electrons. The first-order chi connectivity index (χ1) is 7.78. The van der Waals surface area contributed by atoms with Gasteiger partial charge in [0.15, 0.2) is 0 Å². The molecule has 0 spiro atoms. The molecule has 1 heterocycles. The molecule has 0 aliphatic heterocycles. The van der Waals surface area contributed by atoms with Gasteiger partial charge in [-0.1, -0.05) is 6.92 Å². The van der Waals surface area contributed by atoms with Gasteiger partial charge >= 0.3 is 0 Å². The van der Waals surface area contributed by atoms with E-state index in [0.29, 0.717) is 11.9 Å². The van der Waals surface area contributed by atoms with Gasteiger partial charge in [-0.2, -0.15) is 0 Å². The standard InChI is InChI=1S/C13H20N2O/c1-10-3-4-12(7-10)15-9-11-5-6-14-13(8-11)16-2/h5-6,8,10,12,15H,3-4,7,9H2,1-2H3. The third kappa shape index (κ3) is 2.95. The first kappa shape index (κ1) is 11.4. The lowest BCUT2D eigenvalue weighted by Gasteiger charge is -2.12. The smallest absolute Gasteiger partial charge is 0.213 e. The fraction of sp³-hybridized carbons (Fsp3) is 0.615. The summed E-state index contributed by atoms with van der Waals surface area (Å²) in [5.74, 6) is 1.57. The van der Waals surface area contributed by atoms with E-state index in [4.69, 9.17) is 4.74 Å². The van der Waals surface area contributed by atoms with Gasteiger partial charge in [0.05, 0.1) is 7.11 Å². The Morgan fingerprint density at radius 3 is 3.06 bits per heavy atom. The first-order valence-electron chi connectivity index (χ1n) is 6.00. The molecule has 2 unspecified atom stereocenters. The number of rotatable bonds is 4. The van der Waals surface area contributed by atoms with Crippen LogP contribution in [0.5, 0.6) is 5.88 Å². The fourth-order valence-corrected chi connectivity index (χ4v) is 2.33. The van der Waals surface area contributed by atoms with E-state index in [-0.39, 0.29) is 0 Å². The number of nitrogens with one attached hydrogen (secondary N) is 1. The monoisotopic (exact) mass is 220 g/mol. The summed E-state index contributed by atoms with van der Waals surface area (Å²) in [4.78, 5) is 4.10. The summed E-state index contributed by atoms with van der Waals surface area (Å²) in [5, 5.41) is 3.60. The maximum absolute atomic E-state index is 5.10. The molecule has 1 saturated carbocycles. The van der Waals surface area contributed by atoms with E-state index in [1.165, 1.54) is 24.8 Å². The summed E-state index contributed by atoms with van der Waals surface area (Å²) in [7, 11) is 1.65. The maximum atomic E-state index is 5.10. The van der Waals surface area contributed by atoms with Crippen molar-refractivity contribution in [3.05, 3.63) is 23.9 Å². The summed E-state index contributed by atoms with van der Waals surface area (Å²) in [5.41, 5.74) is 1.24. The predicted octanol–water partition coefficient (Wildman–Crippen LogP) is 2.37. The molecule has 1 N–H and O–H groups in total. The van der Waals surface area contributed by atoms with Crippen LogP contribution in [0.25, 0.3) is 0 Å². The minimum absolute atomic E-state index is 0.689. The van der Waals surface area contributed by atoms with Crippen molar-refractivity contribution in [3.63, 3.8) is 0 Å². The molecule has 1 aromatic rings. The summed E-state index contributed by atoms with van der Waals surface area (Å²) >= 11 is 0. The van der Waals surface area contributed by atoms with E-state index in [2.05, 4.69) is 17.2 Å². The van der Waals surface area contributed by atoms with Gasteiger partial charge in [-0.25, -0.2) is 4.98 Å². The van der Waals surface area contributed by atoms with E-state index < -0.39 is 0 Å². The largest absolute Gasteiger partial charge is 0.481 e. The average molecular weight is 220 g/mol. The van der Waals surface area contributed by atoms with Crippen molar-refractivity contribution in [2.75, 3.05) is 7.11 Å². The average Bonchev–Trinajstić information content (AvgIpc) is 2.73. The zero-order valence-electron chi connectivity index (χ0n) is 10.1. The number of nitrogens with zero attached hydrogens (tertiary/aromatic N) is 1. The molecule has 1 aliphatic carbocycles. The number of pyridine rings is 1. The molecule has 0 bridgehead atoms. The molecule has 2 atom stereocenters. The van der Waals surface area contributed by atoms with E-state index in [1.807, 2.05) is 12.1 Å². The summed E-state index contributed by atoms with van der Waals surface area (Å²) in [6.45, 7) is 3.24. The van der Waals surface area contributed by atoms with Crippen molar-refractivity contribution in [1.29, 1.82) is 0 Å². The third-order valence-corrected chi connectivity index (χ3v) is 3.30. The topological polar surface area (TPSA) is 34.1 Å². The lowest BCUT2D eigenvalue weighted by molar-refractivity contribution is 0.396. The molecule has 1 aliphatic rings. The Morgan fingerprint density at radius 2 is 2.38 bits per heavy atom. The van der Waals surface area contributed by atoms with E-state index >= 15 is 0 Å². The van der Waals surface area contributed by atoms with Crippen LogP contribution < -0.4 is 10.1 Å². The van der Waals surface area contributed by atoms with Gasteiger partial charge in [0.25, 0.3) is 0 Å². The molecule has 0 amide bonds. The Labute approximate surface area is 97.2 Å². The predicted molar refractivity (Wildman–Crippen MR) is 64.4 cm³/mol. The van der Waals surface area contributed by atoms with Crippen LogP contribution in [0.15, 0.2) is 18.3 Å². The number of methoxy groups -OCH3 is 1. The van der Waals surface area contributed by atoms with Gasteiger partial charge in [0.1, 0.15) is 0 Å². The Morgan fingerprint density at radius 1 is 1.50 bits per heavy atom. The highest BCUT2D eigenvalue weighted by Gasteiger charge is 2.20. The fourth-order valence-electron chi connectivity index (χ4n) is 2.33. The second-order valence-corrected chi connectivity index (χ2v) is 4.70. The molecule has 3 heteroatoms. The van der Waals surface area contributed by atoms with Crippen molar-refractivity contribution in [2.24, 2.45) is 5.92 Å². The van der Waals surface area contributed by atoms with Crippen LogP contribution in [0.2, 0.25) is 0 Å². The highest BCUT2D eigenvalue weighted by atomic mass is 16.5. The minimum Gasteiger partial charge on any atom is -0.481 e. The Bertz CT molecular complexity index is 340. The van der Waals surface area contributed by atoms with Gasteiger partial charge < -0.3 is 10.1 Å². The Kier molecular flexibility index (Phi) is 3.78. The SMILES string of the molecule is COc1cc(CNC2CCC(C)C2)ccn1. The summed E-state index contributed by atoms with van der Waals surface area (Å²) in [6, 6.07) is 4.72. The van der Waals surface area contributed by atoms with Crippen molar-refractivity contribution >= 4 is 0 Å². The van der Waals surface area contributed by atoms with Crippen molar-refractivity contribution in [2.45, 2.75) is 38.8 Å². The second kappa shape index (κ2) is 5.30. The van der Waals surface area contributed by atoms with Crippen LogP contribution in [0.3, 0.4) is 0 Å². The number of ether oxygens (including phenoxy) is 1. The van der Waals surface area contributed by atoms with Crippen LogP contribution in [-0.2, 0) is 6.54 Å². The van der Waals surface area contributed by atoms with Crippen LogP contribution in [0, 0.1) is 5.92 Å². The van der Waals surface area contributed by atoms with Crippen LogP contribution >= 0.6 is 0 Å². The summed E-state index contributed by atoms with van der Waals surface area (Å²) in [6.07, 6.45) is 5.77. The molecule has 16 heavy (non-hydrogen) atoms. The Hall–Kier alpha value is -1.09. The number of aromatic nitrogens is 1. The molecule has 1 fully saturated rings. The van der Waals surface area contributed by atoms with E-state index in [1.54, 1.807) is 13.3 Å². The van der Waals surface area contributed by atoms with Crippen LogP contribution in [0.1, 0.15) is 31.7 Å². The maximum Gasteiger partial charge on any atom is 0.213 e. The molecule has 2 rings (SSSR count). The molecule has 88 valence electrons. The first-order valence-corrected chi connectivity index (χ1v) is 6.00. The Balaban J connectivity index is 1.84. The molecule has 3 nitrogen and oxygen atoms in total. The van der Waals surface area contributed by atoms with Gasteiger partial charge in [-0.3, -0.25) is 0 Å². The van der Waals surface area contributed by atoms with Gasteiger partial charge in [0, 0.05) is 24.8 Å². The van der Waals surface area contributed by atoms with E-state index in [9.17, 15) is 0 Å². The quantitative estimate of drug-likeness (QED) is 0.846.